The van der Waals surface area contributed by atoms with E-state index in [4.69, 9.17) is 4.74 Å². The molecule has 1 aromatic heterocycles. The highest BCUT2D eigenvalue weighted by Gasteiger charge is 2.19. The number of halogens is 2. The summed E-state index contributed by atoms with van der Waals surface area (Å²) in [6.07, 6.45) is 0.788. The second-order valence-corrected chi connectivity index (χ2v) is 6.62. The Morgan fingerprint density at radius 1 is 1.14 bits per heavy atom. The molecule has 28 heavy (non-hydrogen) atoms. The molecule has 0 radical (unpaired) electrons. The Labute approximate surface area is 162 Å². The molecule has 0 saturated carbocycles. The van der Waals surface area contributed by atoms with Gasteiger partial charge in [0.15, 0.2) is 5.82 Å². The van der Waals surface area contributed by atoms with Crippen molar-refractivity contribution in [2.24, 2.45) is 0 Å². The zero-order valence-electron chi connectivity index (χ0n) is 15.8. The predicted octanol–water partition coefficient (Wildman–Crippen LogP) is 3.92. The van der Waals surface area contributed by atoms with Crippen molar-refractivity contribution in [2.75, 3.05) is 6.61 Å². The Morgan fingerprint density at radius 2 is 1.89 bits per heavy atom. The average molecular weight is 387 g/mol. The molecule has 2 aromatic carbocycles. The number of aliphatic hydroxyl groups is 1. The molecule has 0 spiro atoms. The first-order valence-corrected chi connectivity index (χ1v) is 9.17. The predicted molar refractivity (Wildman–Crippen MR) is 102 cm³/mol. The summed E-state index contributed by atoms with van der Waals surface area (Å²) < 4.78 is 33.9. The summed E-state index contributed by atoms with van der Waals surface area (Å²) in [6.45, 7) is 4.70. The number of aromatic nitrogens is 3. The van der Waals surface area contributed by atoms with Gasteiger partial charge in [0.2, 0.25) is 0 Å². The summed E-state index contributed by atoms with van der Waals surface area (Å²) in [7, 11) is 0. The highest BCUT2D eigenvalue weighted by Crippen LogP contribution is 2.26. The second-order valence-electron chi connectivity index (χ2n) is 6.62. The minimum absolute atomic E-state index is 0.109. The zero-order valence-corrected chi connectivity index (χ0v) is 15.8. The van der Waals surface area contributed by atoms with Gasteiger partial charge in [-0.05, 0) is 24.1 Å². The summed E-state index contributed by atoms with van der Waals surface area (Å²) in [5, 5.41) is 14.7. The van der Waals surface area contributed by atoms with Gasteiger partial charge in [-0.15, -0.1) is 0 Å². The van der Waals surface area contributed by atoms with E-state index in [1.54, 1.807) is 4.68 Å². The second kappa shape index (κ2) is 9.03. The number of rotatable bonds is 8. The van der Waals surface area contributed by atoms with Gasteiger partial charge in [0.1, 0.15) is 24.7 Å². The van der Waals surface area contributed by atoms with Crippen LogP contribution in [0.5, 0.6) is 0 Å². The van der Waals surface area contributed by atoms with Gasteiger partial charge in [-0.25, -0.2) is 18.4 Å². The largest absolute Gasteiger partial charge is 0.392 e. The quantitative estimate of drug-likeness (QED) is 0.636. The monoisotopic (exact) mass is 387 g/mol. The molecule has 0 aliphatic rings. The van der Waals surface area contributed by atoms with Crippen molar-refractivity contribution >= 4 is 0 Å². The fourth-order valence-electron chi connectivity index (χ4n) is 3.01. The van der Waals surface area contributed by atoms with Crippen LogP contribution in [0.3, 0.4) is 0 Å². The molecule has 1 N–H and O–H groups in total. The van der Waals surface area contributed by atoms with Gasteiger partial charge in [-0.3, -0.25) is 0 Å². The van der Waals surface area contributed by atoms with E-state index >= 15 is 0 Å². The lowest BCUT2D eigenvalue weighted by Crippen LogP contribution is -2.19. The Morgan fingerprint density at radius 3 is 2.57 bits per heavy atom. The molecule has 0 bridgehead atoms. The van der Waals surface area contributed by atoms with Crippen molar-refractivity contribution in [3.8, 4) is 11.4 Å². The van der Waals surface area contributed by atoms with Crippen molar-refractivity contribution in [1.29, 1.82) is 0 Å². The van der Waals surface area contributed by atoms with E-state index in [-0.39, 0.29) is 12.3 Å². The Bertz CT molecular complexity index is 912. The molecule has 0 fully saturated rings. The van der Waals surface area contributed by atoms with Gasteiger partial charge in [0, 0.05) is 30.6 Å². The van der Waals surface area contributed by atoms with Gasteiger partial charge >= 0.3 is 0 Å². The lowest BCUT2D eigenvalue weighted by Gasteiger charge is -2.20. The van der Waals surface area contributed by atoms with Gasteiger partial charge in [0.05, 0.1) is 6.10 Å². The first kappa shape index (κ1) is 20.1. The third kappa shape index (κ3) is 4.61. The molecule has 0 amide bonds. The van der Waals surface area contributed by atoms with Gasteiger partial charge in [-0.1, -0.05) is 37.3 Å². The SMILES string of the molecule is CCOCn1ncnc1-c1ccc(C(C)C(O)Cc2ccc(F)cc2F)cc1. The molecule has 3 aromatic rings. The molecule has 3 rings (SSSR count). The number of nitrogens with zero attached hydrogens (tertiary/aromatic N) is 3. The maximum absolute atomic E-state index is 13.8. The van der Waals surface area contributed by atoms with Gasteiger partial charge in [-0.2, -0.15) is 5.10 Å². The molecule has 5 nitrogen and oxygen atoms in total. The molecule has 0 aliphatic carbocycles. The molecule has 0 aliphatic heterocycles. The maximum atomic E-state index is 13.8. The minimum Gasteiger partial charge on any atom is -0.392 e. The van der Waals surface area contributed by atoms with Crippen LogP contribution in [-0.2, 0) is 17.9 Å². The van der Waals surface area contributed by atoms with E-state index in [0.29, 0.717) is 24.7 Å². The van der Waals surface area contributed by atoms with Crippen LogP contribution >= 0.6 is 0 Å². The number of hydrogen-bond donors (Lipinski definition) is 1. The summed E-state index contributed by atoms with van der Waals surface area (Å²) in [6, 6.07) is 11.0. The number of aliphatic hydroxyl groups excluding tert-OH is 1. The number of benzene rings is 2. The van der Waals surface area contributed by atoms with Gasteiger partial charge < -0.3 is 9.84 Å². The molecule has 148 valence electrons. The molecule has 2 atom stereocenters. The van der Waals surface area contributed by atoms with E-state index in [1.807, 2.05) is 38.1 Å². The summed E-state index contributed by atoms with van der Waals surface area (Å²) in [5.74, 6) is -0.798. The topological polar surface area (TPSA) is 60.2 Å². The average Bonchev–Trinajstić information content (AvgIpc) is 3.16. The maximum Gasteiger partial charge on any atom is 0.160 e. The molecular weight excluding hydrogens is 364 g/mol. The van der Waals surface area contributed by atoms with Crippen LogP contribution in [0.2, 0.25) is 0 Å². The fraction of sp³-hybridized carbons (Fsp3) is 0.333. The first-order chi connectivity index (χ1) is 13.5. The molecule has 0 saturated heterocycles. The first-order valence-electron chi connectivity index (χ1n) is 9.17. The van der Waals surface area contributed by atoms with E-state index in [0.717, 1.165) is 17.2 Å². The third-order valence-electron chi connectivity index (χ3n) is 4.75. The van der Waals surface area contributed by atoms with Gasteiger partial charge in [0.25, 0.3) is 0 Å². The van der Waals surface area contributed by atoms with E-state index < -0.39 is 17.7 Å². The third-order valence-corrected chi connectivity index (χ3v) is 4.75. The lowest BCUT2D eigenvalue weighted by atomic mass is 9.90. The van der Waals surface area contributed by atoms with Crippen molar-refractivity contribution < 1.29 is 18.6 Å². The molecule has 7 heteroatoms. The standard InChI is InChI=1S/C21H23F2N3O2/c1-3-28-13-26-21(24-12-25-26)16-6-4-15(5-7-16)14(2)20(27)10-17-8-9-18(22)11-19(17)23/h4-9,11-12,14,20,27H,3,10,13H2,1-2H3. The van der Waals surface area contributed by atoms with E-state index in [1.165, 1.54) is 18.5 Å². The molecule has 2 unspecified atom stereocenters. The van der Waals surface area contributed by atoms with Crippen LogP contribution in [0.15, 0.2) is 48.8 Å². The van der Waals surface area contributed by atoms with Crippen LogP contribution in [0.25, 0.3) is 11.4 Å². The smallest absolute Gasteiger partial charge is 0.160 e. The normalized spacial score (nSPS) is 13.5. The highest BCUT2D eigenvalue weighted by atomic mass is 19.1. The van der Waals surface area contributed by atoms with E-state index in [2.05, 4.69) is 10.1 Å². The van der Waals surface area contributed by atoms with Crippen LogP contribution in [0.4, 0.5) is 8.78 Å². The van der Waals surface area contributed by atoms with Crippen molar-refractivity contribution in [3.05, 3.63) is 71.6 Å². The summed E-state index contributed by atoms with van der Waals surface area (Å²) in [4.78, 5) is 4.27. The Balaban J connectivity index is 1.71. The van der Waals surface area contributed by atoms with Crippen molar-refractivity contribution in [1.82, 2.24) is 14.8 Å². The molecular formula is C21H23F2N3O2. The summed E-state index contributed by atoms with van der Waals surface area (Å²) in [5.41, 5.74) is 2.09. The summed E-state index contributed by atoms with van der Waals surface area (Å²) >= 11 is 0. The van der Waals surface area contributed by atoms with Crippen LogP contribution in [-0.4, -0.2) is 32.6 Å². The van der Waals surface area contributed by atoms with Crippen LogP contribution in [0, 0.1) is 11.6 Å². The fourth-order valence-corrected chi connectivity index (χ4v) is 3.01. The van der Waals surface area contributed by atoms with Crippen molar-refractivity contribution in [2.45, 2.75) is 39.0 Å². The van der Waals surface area contributed by atoms with E-state index in [9.17, 15) is 13.9 Å². The number of hydrogen-bond acceptors (Lipinski definition) is 4. The van der Waals surface area contributed by atoms with Crippen molar-refractivity contribution in [3.63, 3.8) is 0 Å². The molecule has 1 heterocycles. The van der Waals surface area contributed by atoms with Crippen LogP contribution < -0.4 is 0 Å². The Kier molecular flexibility index (Phi) is 6.49. The lowest BCUT2D eigenvalue weighted by molar-refractivity contribution is 0.0802. The zero-order chi connectivity index (χ0) is 20.1. The Hall–Kier alpha value is -2.64. The van der Waals surface area contributed by atoms with Crippen LogP contribution in [0.1, 0.15) is 30.9 Å². The highest BCUT2D eigenvalue weighted by molar-refractivity contribution is 5.55. The number of ether oxygens (including phenoxy) is 1. The minimum atomic E-state index is -0.799.